The average molecular weight is 1060 g/mol. The van der Waals surface area contributed by atoms with Crippen LogP contribution in [0.1, 0.15) is 272 Å². The van der Waals surface area contributed by atoms with Crippen LogP contribution in [0.3, 0.4) is 0 Å². The van der Waals surface area contributed by atoms with Gasteiger partial charge in [-0.15, -0.1) is 0 Å². The van der Waals surface area contributed by atoms with Gasteiger partial charge in [0.2, 0.25) is 0 Å². The molecule has 0 saturated carbocycles. The first-order chi connectivity index (χ1) is 37.5. The fraction of sp³-hybridized carbons (Fsp3) is 0.721. The summed E-state index contributed by atoms with van der Waals surface area (Å²) in [6.07, 6.45) is 73.4. The van der Waals surface area contributed by atoms with Gasteiger partial charge in [-0.3, -0.25) is 14.4 Å². The summed E-state index contributed by atoms with van der Waals surface area (Å²) in [4.78, 5) is 38.8. The Hall–Kier alpha value is -3.75. The molecule has 0 amide bonds. The second-order valence-corrected chi connectivity index (χ2v) is 20.5. The lowest BCUT2D eigenvalue weighted by Gasteiger charge is -2.21. The monoisotopic (exact) mass is 1060 g/mol. The third-order valence-electron chi connectivity index (χ3n) is 13.0. The Morgan fingerprint density at radius 1 is 0.316 bits per heavy atom. The minimum atomic E-state index is -0.743. The first kappa shape index (κ1) is 72.2. The van der Waals surface area contributed by atoms with E-state index in [1.165, 1.54) is 57.8 Å². The van der Waals surface area contributed by atoms with Crippen LogP contribution in [-0.4, -0.2) is 63.2 Å². The fourth-order valence-corrected chi connectivity index (χ4v) is 8.34. The van der Waals surface area contributed by atoms with Gasteiger partial charge in [0.1, 0.15) is 19.3 Å². The van der Waals surface area contributed by atoms with Gasteiger partial charge in [0, 0.05) is 25.9 Å². The number of unbranched alkanes of at least 4 members (excludes halogenated alkanes) is 23. The van der Waals surface area contributed by atoms with Crippen molar-refractivity contribution in [2.75, 3.05) is 33.0 Å². The maximum absolute atomic E-state index is 13.1. The molecule has 2 unspecified atom stereocenters. The molecule has 0 fully saturated rings. The minimum absolute atomic E-state index is 0.0516. The molecule has 0 aliphatic carbocycles. The highest BCUT2D eigenvalue weighted by Crippen LogP contribution is 2.14. The van der Waals surface area contributed by atoms with Crippen molar-refractivity contribution in [3.63, 3.8) is 0 Å². The van der Waals surface area contributed by atoms with Crippen LogP contribution < -0.4 is 0 Å². The van der Waals surface area contributed by atoms with E-state index in [1.54, 1.807) is 0 Å². The standard InChI is InChI=1S/C68H116O8/c1-5-9-13-17-21-24-27-30-33-36-39-42-45-48-52-56-66(69)74-62-64(73-59-55-51-20-16-12-8-4)60-72-61-65(76-68(71)58-54-50-47-44-41-38-35-32-29-26-23-19-15-11-7-3)63-75-67(70)57-53-49-46-43-40-37-34-31-28-25-22-18-14-10-6-2/h10-11,14-15,21-26,30-35,64-65H,5-9,12-13,16-20,27-29,36-63H2,1-4H3. The van der Waals surface area contributed by atoms with Crippen LogP contribution in [0.2, 0.25) is 0 Å². The summed E-state index contributed by atoms with van der Waals surface area (Å²) in [7, 11) is 0. The third kappa shape index (κ3) is 57.9. The number of esters is 3. The molecule has 0 aliphatic rings. The Morgan fingerprint density at radius 3 is 1.07 bits per heavy atom. The predicted molar refractivity (Wildman–Crippen MR) is 324 cm³/mol. The summed E-state index contributed by atoms with van der Waals surface area (Å²) < 4.78 is 29.7. The molecule has 0 aliphatic heterocycles. The molecule has 0 saturated heterocycles. The van der Waals surface area contributed by atoms with Gasteiger partial charge in [0.25, 0.3) is 0 Å². The van der Waals surface area contributed by atoms with E-state index in [1.807, 2.05) is 0 Å². The maximum Gasteiger partial charge on any atom is 0.306 e. The molecule has 8 nitrogen and oxygen atoms in total. The van der Waals surface area contributed by atoms with Crippen LogP contribution in [0.5, 0.6) is 0 Å². The van der Waals surface area contributed by atoms with E-state index in [9.17, 15) is 14.4 Å². The molecule has 8 heteroatoms. The van der Waals surface area contributed by atoms with E-state index >= 15 is 0 Å². The van der Waals surface area contributed by atoms with Gasteiger partial charge >= 0.3 is 17.9 Å². The number of carbonyl (C=O) groups excluding carboxylic acids is 3. The van der Waals surface area contributed by atoms with Gasteiger partial charge < -0.3 is 23.7 Å². The van der Waals surface area contributed by atoms with Crippen LogP contribution >= 0.6 is 0 Å². The van der Waals surface area contributed by atoms with E-state index in [-0.39, 0.29) is 44.3 Å². The molecule has 0 heterocycles. The largest absolute Gasteiger partial charge is 0.463 e. The molecule has 0 spiro atoms. The molecule has 2 atom stereocenters. The summed E-state index contributed by atoms with van der Waals surface area (Å²) in [6, 6.07) is 0. The Labute approximate surface area is 468 Å². The normalized spacial score (nSPS) is 13.2. The highest BCUT2D eigenvalue weighted by Gasteiger charge is 2.20. The van der Waals surface area contributed by atoms with E-state index in [0.29, 0.717) is 25.9 Å². The van der Waals surface area contributed by atoms with Crippen LogP contribution in [0.4, 0.5) is 0 Å². The molecule has 0 bridgehead atoms. The number of carbonyl (C=O) groups is 3. The van der Waals surface area contributed by atoms with Crippen LogP contribution in [0.15, 0.2) is 97.2 Å². The van der Waals surface area contributed by atoms with Crippen molar-refractivity contribution < 1.29 is 38.1 Å². The van der Waals surface area contributed by atoms with E-state index in [4.69, 9.17) is 23.7 Å². The zero-order chi connectivity index (χ0) is 55.1. The Kier molecular flexibility index (Phi) is 59.0. The van der Waals surface area contributed by atoms with Gasteiger partial charge in [-0.25, -0.2) is 0 Å². The Balaban J connectivity index is 5.05. The quantitative estimate of drug-likeness (QED) is 0.0257. The number of ether oxygens (including phenoxy) is 5. The average Bonchev–Trinajstić information content (AvgIpc) is 3.42. The Morgan fingerprint density at radius 2 is 0.632 bits per heavy atom. The van der Waals surface area contributed by atoms with Crippen molar-refractivity contribution in [2.45, 2.75) is 284 Å². The SMILES string of the molecule is CCC=CCC=CCC=CCCCCCCCC(=O)OCC(COCC(COC(=O)CCCCCCCC=CCC=CCCCCC)OCCCCCCCC)OC(=O)CCCCCCCC=CCC=CCC=CCC. The molecule has 0 N–H and O–H groups in total. The van der Waals surface area contributed by atoms with Crippen LogP contribution in [0, 0.1) is 0 Å². The van der Waals surface area contributed by atoms with Crippen LogP contribution in [-0.2, 0) is 38.1 Å². The molecule has 0 aromatic carbocycles. The van der Waals surface area contributed by atoms with Crippen molar-refractivity contribution in [1.29, 1.82) is 0 Å². The van der Waals surface area contributed by atoms with Crippen molar-refractivity contribution >= 4 is 17.9 Å². The molecule has 0 aromatic rings. The highest BCUT2D eigenvalue weighted by molar-refractivity contribution is 5.70. The first-order valence-corrected chi connectivity index (χ1v) is 31.4. The van der Waals surface area contributed by atoms with Gasteiger partial charge in [0.05, 0.1) is 13.2 Å². The molecule has 0 radical (unpaired) electrons. The third-order valence-corrected chi connectivity index (χ3v) is 13.0. The number of hydrogen-bond acceptors (Lipinski definition) is 8. The van der Waals surface area contributed by atoms with Gasteiger partial charge in [-0.05, 0) is 122 Å². The zero-order valence-electron chi connectivity index (χ0n) is 49.6. The van der Waals surface area contributed by atoms with Crippen molar-refractivity contribution in [1.82, 2.24) is 0 Å². The van der Waals surface area contributed by atoms with Crippen molar-refractivity contribution in [3.05, 3.63) is 97.2 Å². The van der Waals surface area contributed by atoms with Crippen LogP contribution in [0.25, 0.3) is 0 Å². The summed E-state index contributed by atoms with van der Waals surface area (Å²) in [6.45, 7) is 9.58. The summed E-state index contributed by atoms with van der Waals surface area (Å²) >= 11 is 0. The minimum Gasteiger partial charge on any atom is -0.463 e. The molecular formula is C68H116O8. The molecule has 76 heavy (non-hydrogen) atoms. The number of allylic oxidation sites excluding steroid dienone is 16. The number of hydrogen-bond donors (Lipinski definition) is 0. The van der Waals surface area contributed by atoms with E-state index in [0.717, 1.165) is 167 Å². The fourth-order valence-electron chi connectivity index (χ4n) is 8.34. The van der Waals surface area contributed by atoms with Gasteiger partial charge in [-0.1, -0.05) is 228 Å². The molecule has 0 rings (SSSR count). The number of rotatable bonds is 57. The van der Waals surface area contributed by atoms with Gasteiger partial charge in [0.15, 0.2) is 6.10 Å². The lowest BCUT2D eigenvalue weighted by atomic mass is 10.1. The second kappa shape index (κ2) is 62.1. The predicted octanol–water partition coefficient (Wildman–Crippen LogP) is 19.7. The lowest BCUT2D eigenvalue weighted by Crippen LogP contribution is -2.33. The zero-order valence-corrected chi connectivity index (χ0v) is 49.6. The summed E-state index contributed by atoms with van der Waals surface area (Å²) in [5, 5.41) is 0. The maximum atomic E-state index is 13.1. The van der Waals surface area contributed by atoms with E-state index < -0.39 is 12.2 Å². The lowest BCUT2D eigenvalue weighted by molar-refractivity contribution is -0.165. The first-order valence-electron chi connectivity index (χ1n) is 31.4. The molecular weight excluding hydrogens is 945 g/mol. The van der Waals surface area contributed by atoms with Crippen molar-refractivity contribution in [3.8, 4) is 0 Å². The van der Waals surface area contributed by atoms with Crippen molar-refractivity contribution in [2.24, 2.45) is 0 Å². The topological polar surface area (TPSA) is 97.4 Å². The summed E-state index contributed by atoms with van der Waals surface area (Å²) in [5.74, 6) is -0.814. The summed E-state index contributed by atoms with van der Waals surface area (Å²) in [5.41, 5.74) is 0. The van der Waals surface area contributed by atoms with E-state index in [2.05, 4.69) is 125 Å². The second-order valence-electron chi connectivity index (χ2n) is 20.5. The Bertz CT molecular complexity index is 1520. The smallest absolute Gasteiger partial charge is 0.306 e. The molecule has 0 aromatic heterocycles. The highest BCUT2D eigenvalue weighted by atomic mass is 16.6. The van der Waals surface area contributed by atoms with Gasteiger partial charge in [-0.2, -0.15) is 0 Å². The molecule has 436 valence electrons.